The molecular weight excluding hydrogens is 331 g/mol. The predicted octanol–water partition coefficient (Wildman–Crippen LogP) is 3.11. The molecule has 2 nitrogen and oxygen atoms in total. The van der Waals surface area contributed by atoms with Crippen LogP contribution in [0.3, 0.4) is 0 Å². The summed E-state index contributed by atoms with van der Waals surface area (Å²) in [5.41, 5.74) is -0.0405. The van der Waals surface area contributed by atoms with E-state index in [0.717, 1.165) is 14.9 Å². The zero-order valence-electron chi connectivity index (χ0n) is 10.1. The third-order valence-electron chi connectivity index (χ3n) is 3.20. The number of rotatable bonds is 5. The van der Waals surface area contributed by atoms with Gasteiger partial charge in [0.25, 0.3) is 0 Å². The molecule has 0 saturated carbocycles. The maximum Gasteiger partial charge on any atom is 0.123 e. The molecule has 0 saturated heterocycles. The van der Waals surface area contributed by atoms with E-state index in [1.807, 2.05) is 11.4 Å². The quantitative estimate of drug-likeness (QED) is 0.874. The van der Waals surface area contributed by atoms with Crippen LogP contribution in [0.25, 0.3) is 0 Å². The Labute approximate surface area is 123 Å². The van der Waals surface area contributed by atoms with Crippen molar-refractivity contribution in [2.75, 3.05) is 13.2 Å². The summed E-state index contributed by atoms with van der Waals surface area (Å²) in [5, 5.41) is 21.4. The normalized spacial score (nSPS) is 11.8. The van der Waals surface area contributed by atoms with Gasteiger partial charge in [-0.25, -0.2) is 4.39 Å². The second-order valence-corrected chi connectivity index (χ2v) is 6.42. The minimum atomic E-state index is -0.780. The number of aliphatic hydroxyl groups is 2. The Bertz CT molecular complexity index is 535. The van der Waals surface area contributed by atoms with Crippen LogP contribution >= 0.6 is 27.3 Å². The van der Waals surface area contributed by atoms with Crippen molar-refractivity contribution in [1.29, 1.82) is 0 Å². The van der Waals surface area contributed by atoms with Gasteiger partial charge in [-0.3, -0.25) is 0 Å². The standard InChI is InChI=1S/C14H14BrFO2S/c15-11-5-13(19-7-11)6-14(8-17,9-18)10-1-3-12(16)4-2-10/h1-5,7,17-18H,6,8-9H2. The van der Waals surface area contributed by atoms with Gasteiger partial charge in [-0.1, -0.05) is 12.1 Å². The van der Waals surface area contributed by atoms with Gasteiger partial charge in [0, 0.05) is 20.1 Å². The first-order chi connectivity index (χ1) is 9.09. The summed E-state index contributed by atoms with van der Waals surface area (Å²) < 4.78 is 14.0. The van der Waals surface area contributed by atoms with Gasteiger partial charge < -0.3 is 10.2 Å². The summed E-state index contributed by atoms with van der Waals surface area (Å²) in [6.45, 7) is -0.380. The lowest BCUT2D eigenvalue weighted by molar-refractivity contribution is 0.117. The molecule has 2 aromatic rings. The molecule has 102 valence electrons. The molecule has 2 rings (SSSR count). The average molecular weight is 345 g/mol. The van der Waals surface area contributed by atoms with Crippen LogP contribution in [0.5, 0.6) is 0 Å². The lowest BCUT2D eigenvalue weighted by atomic mass is 9.78. The first-order valence-electron chi connectivity index (χ1n) is 5.80. The Balaban J connectivity index is 2.33. The molecule has 19 heavy (non-hydrogen) atoms. The molecule has 0 aliphatic carbocycles. The molecule has 0 radical (unpaired) electrons. The van der Waals surface area contributed by atoms with Crippen molar-refractivity contribution in [2.24, 2.45) is 0 Å². The SMILES string of the molecule is OCC(CO)(Cc1cc(Br)cs1)c1ccc(F)cc1. The second-order valence-electron chi connectivity index (χ2n) is 4.51. The van der Waals surface area contributed by atoms with Crippen molar-refractivity contribution in [3.8, 4) is 0 Å². The van der Waals surface area contributed by atoms with Gasteiger partial charge in [-0.2, -0.15) is 0 Å². The van der Waals surface area contributed by atoms with Crippen molar-refractivity contribution in [3.05, 3.63) is 56.4 Å². The topological polar surface area (TPSA) is 40.5 Å². The van der Waals surface area contributed by atoms with Crippen LogP contribution < -0.4 is 0 Å². The fourth-order valence-corrected chi connectivity index (χ4v) is 3.62. The number of hydrogen-bond donors (Lipinski definition) is 2. The molecule has 1 heterocycles. The fourth-order valence-electron chi connectivity index (χ4n) is 2.03. The average Bonchev–Trinajstić information content (AvgIpc) is 2.82. The molecule has 0 amide bonds. The molecule has 0 fully saturated rings. The predicted molar refractivity (Wildman–Crippen MR) is 78.0 cm³/mol. The van der Waals surface area contributed by atoms with E-state index in [2.05, 4.69) is 15.9 Å². The van der Waals surface area contributed by atoms with Gasteiger partial charge >= 0.3 is 0 Å². The Morgan fingerprint density at radius 3 is 2.26 bits per heavy atom. The molecule has 0 aliphatic heterocycles. The molecule has 0 bridgehead atoms. The molecule has 0 unspecified atom stereocenters. The van der Waals surface area contributed by atoms with Crippen LogP contribution in [-0.4, -0.2) is 23.4 Å². The number of halogens is 2. The molecular formula is C14H14BrFO2S. The van der Waals surface area contributed by atoms with Gasteiger partial charge in [-0.05, 0) is 46.1 Å². The van der Waals surface area contributed by atoms with Crippen molar-refractivity contribution in [3.63, 3.8) is 0 Å². The zero-order valence-corrected chi connectivity index (χ0v) is 12.5. The largest absolute Gasteiger partial charge is 0.395 e. The summed E-state index contributed by atoms with van der Waals surface area (Å²) in [6.07, 6.45) is 0.516. The Morgan fingerprint density at radius 1 is 1.16 bits per heavy atom. The molecule has 2 N–H and O–H groups in total. The van der Waals surface area contributed by atoms with Crippen molar-refractivity contribution in [1.82, 2.24) is 0 Å². The van der Waals surface area contributed by atoms with E-state index >= 15 is 0 Å². The summed E-state index contributed by atoms with van der Waals surface area (Å²) in [7, 11) is 0. The number of aliphatic hydroxyl groups excluding tert-OH is 2. The third kappa shape index (κ3) is 3.23. The summed E-state index contributed by atoms with van der Waals surface area (Å²) in [6, 6.07) is 7.89. The highest BCUT2D eigenvalue weighted by atomic mass is 79.9. The molecule has 5 heteroatoms. The fraction of sp³-hybridized carbons (Fsp3) is 0.286. The van der Waals surface area contributed by atoms with Crippen LogP contribution in [0, 0.1) is 5.82 Å². The maximum absolute atomic E-state index is 13.0. The van der Waals surface area contributed by atoms with Crippen LogP contribution in [0.1, 0.15) is 10.4 Å². The number of hydrogen-bond acceptors (Lipinski definition) is 3. The Morgan fingerprint density at radius 2 is 1.79 bits per heavy atom. The highest BCUT2D eigenvalue weighted by molar-refractivity contribution is 9.10. The monoisotopic (exact) mass is 344 g/mol. The van der Waals surface area contributed by atoms with E-state index in [0.29, 0.717) is 6.42 Å². The van der Waals surface area contributed by atoms with E-state index in [-0.39, 0.29) is 19.0 Å². The second kappa shape index (κ2) is 6.13. The highest BCUT2D eigenvalue weighted by Gasteiger charge is 2.32. The van der Waals surface area contributed by atoms with Gasteiger partial charge in [-0.15, -0.1) is 11.3 Å². The van der Waals surface area contributed by atoms with E-state index < -0.39 is 5.41 Å². The lowest BCUT2D eigenvalue weighted by Gasteiger charge is -2.30. The van der Waals surface area contributed by atoms with Crippen molar-refractivity contribution >= 4 is 27.3 Å². The van der Waals surface area contributed by atoms with Crippen LogP contribution in [0.15, 0.2) is 40.2 Å². The summed E-state index contributed by atoms with van der Waals surface area (Å²) >= 11 is 4.95. The highest BCUT2D eigenvalue weighted by Crippen LogP contribution is 2.31. The molecule has 0 aliphatic rings. The van der Waals surface area contributed by atoms with Crippen LogP contribution in [0.2, 0.25) is 0 Å². The Kier molecular flexibility index (Phi) is 4.73. The van der Waals surface area contributed by atoms with E-state index in [4.69, 9.17) is 0 Å². The van der Waals surface area contributed by atoms with Gasteiger partial charge in [0.15, 0.2) is 0 Å². The molecule has 0 spiro atoms. The van der Waals surface area contributed by atoms with E-state index in [1.165, 1.54) is 12.1 Å². The number of benzene rings is 1. The van der Waals surface area contributed by atoms with Crippen LogP contribution in [-0.2, 0) is 11.8 Å². The summed E-state index contributed by atoms with van der Waals surface area (Å²) in [5.74, 6) is -0.326. The van der Waals surface area contributed by atoms with Gasteiger partial charge in [0.05, 0.1) is 13.2 Å². The molecule has 0 atom stereocenters. The van der Waals surface area contributed by atoms with Gasteiger partial charge in [0.2, 0.25) is 0 Å². The first kappa shape index (κ1) is 14.7. The van der Waals surface area contributed by atoms with Crippen molar-refractivity contribution < 1.29 is 14.6 Å². The van der Waals surface area contributed by atoms with E-state index in [9.17, 15) is 14.6 Å². The molecule has 1 aromatic heterocycles. The van der Waals surface area contributed by atoms with Gasteiger partial charge in [0.1, 0.15) is 5.82 Å². The Hall–Kier alpha value is -0.750. The van der Waals surface area contributed by atoms with Crippen molar-refractivity contribution in [2.45, 2.75) is 11.8 Å². The maximum atomic E-state index is 13.0. The first-order valence-corrected chi connectivity index (χ1v) is 7.47. The third-order valence-corrected chi connectivity index (χ3v) is 4.89. The lowest BCUT2D eigenvalue weighted by Crippen LogP contribution is -2.37. The minimum Gasteiger partial charge on any atom is -0.395 e. The van der Waals surface area contributed by atoms with Crippen LogP contribution in [0.4, 0.5) is 4.39 Å². The minimum absolute atomic E-state index is 0.190. The summed E-state index contributed by atoms with van der Waals surface area (Å²) in [4.78, 5) is 1.05. The zero-order chi connectivity index (χ0) is 13.9. The smallest absolute Gasteiger partial charge is 0.123 e. The van der Waals surface area contributed by atoms with E-state index in [1.54, 1.807) is 23.5 Å². The molecule has 1 aromatic carbocycles. The number of thiophene rings is 1.